The van der Waals surface area contributed by atoms with Crippen LogP contribution in [0, 0.1) is 17.3 Å². The monoisotopic (exact) mass is 392 g/mol. The lowest BCUT2D eigenvalue weighted by Crippen LogP contribution is -2.59. The standard InChI is InChI=1S/C19H36O8/c1-10-6-11(22)7-19(2,3)13(10)5-4-12(8-20)26-18-17(25)16(24)15(23)14(9-21)27-18/h10-18,20-25H,4-9H2,1-3H3/t10-,11+,12-,13-,14-,15+,16+,17-,18-/m1/s1. The first-order chi connectivity index (χ1) is 12.6. The summed E-state index contributed by atoms with van der Waals surface area (Å²) in [6.07, 6.45) is -4.78. The van der Waals surface area contributed by atoms with Crippen molar-refractivity contribution in [3.8, 4) is 0 Å². The maximum absolute atomic E-state index is 10.1. The van der Waals surface area contributed by atoms with Gasteiger partial charge in [-0.25, -0.2) is 0 Å². The van der Waals surface area contributed by atoms with E-state index < -0.39 is 43.4 Å². The highest BCUT2D eigenvalue weighted by Gasteiger charge is 2.45. The van der Waals surface area contributed by atoms with E-state index in [2.05, 4.69) is 20.8 Å². The van der Waals surface area contributed by atoms with Crippen LogP contribution in [-0.2, 0) is 9.47 Å². The normalized spacial score (nSPS) is 43.4. The van der Waals surface area contributed by atoms with Crippen molar-refractivity contribution in [2.45, 2.75) is 89.4 Å². The zero-order valence-corrected chi connectivity index (χ0v) is 16.4. The van der Waals surface area contributed by atoms with Crippen LogP contribution < -0.4 is 0 Å². The molecule has 6 N–H and O–H groups in total. The molecule has 9 atom stereocenters. The molecule has 8 heteroatoms. The van der Waals surface area contributed by atoms with Crippen molar-refractivity contribution >= 4 is 0 Å². The van der Waals surface area contributed by atoms with Crippen LogP contribution in [0.1, 0.15) is 46.5 Å². The molecule has 160 valence electrons. The molecule has 0 unspecified atom stereocenters. The number of hydrogen-bond donors (Lipinski definition) is 6. The first-order valence-electron chi connectivity index (χ1n) is 9.85. The molecular formula is C19H36O8. The molecule has 0 amide bonds. The van der Waals surface area contributed by atoms with Crippen LogP contribution in [0.2, 0.25) is 0 Å². The van der Waals surface area contributed by atoms with Crippen LogP contribution in [0.25, 0.3) is 0 Å². The first kappa shape index (κ1) is 23.0. The lowest BCUT2D eigenvalue weighted by Gasteiger charge is -2.46. The van der Waals surface area contributed by atoms with Crippen LogP contribution in [0.3, 0.4) is 0 Å². The largest absolute Gasteiger partial charge is 0.394 e. The summed E-state index contributed by atoms with van der Waals surface area (Å²) in [6, 6.07) is 0. The van der Waals surface area contributed by atoms with Gasteiger partial charge in [-0.1, -0.05) is 20.8 Å². The van der Waals surface area contributed by atoms with Crippen molar-refractivity contribution in [3.63, 3.8) is 0 Å². The Morgan fingerprint density at radius 1 is 1.07 bits per heavy atom. The number of aliphatic hydroxyl groups excluding tert-OH is 6. The summed E-state index contributed by atoms with van der Waals surface area (Å²) >= 11 is 0. The molecule has 27 heavy (non-hydrogen) atoms. The highest BCUT2D eigenvalue weighted by Crippen LogP contribution is 2.46. The third-order valence-corrected chi connectivity index (χ3v) is 6.27. The second-order valence-corrected chi connectivity index (χ2v) is 8.88. The topological polar surface area (TPSA) is 140 Å². The molecule has 0 bridgehead atoms. The SMILES string of the molecule is C[C@@H]1C[C@H](O)CC(C)(C)[C@@H]1CC[C@H](CO)O[C@@H]1O[C@H](CO)[C@H](O)[C@H](O)[C@H]1O. The van der Waals surface area contributed by atoms with Crippen molar-refractivity contribution in [2.75, 3.05) is 13.2 Å². The Bertz CT molecular complexity index is 457. The van der Waals surface area contributed by atoms with Gasteiger partial charge in [0.15, 0.2) is 6.29 Å². The number of rotatable bonds is 7. The summed E-state index contributed by atoms with van der Waals surface area (Å²) in [5.74, 6) is 0.698. The van der Waals surface area contributed by atoms with E-state index in [9.17, 15) is 30.6 Å². The first-order valence-corrected chi connectivity index (χ1v) is 9.85. The average molecular weight is 392 g/mol. The van der Waals surface area contributed by atoms with Crippen molar-refractivity contribution < 1.29 is 40.1 Å². The van der Waals surface area contributed by atoms with E-state index in [0.717, 1.165) is 19.3 Å². The van der Waals surface area contributed by atoms with E-state index in [1.807, 2.05) is 0 Å². The molecule has 0 aromatic rings. The molecule has 0 aromatic heterocycles. The van der Waals surface area contributed by atoms with Gasteiger partial charge >= 0.3 is 0 Å². The molecule has 8 nitrogen and oxygen atoms in total. The zero-order chi connectivity index (χ0) is 20.4. The number of hydrogen-bond acceptors (Lipinski definition) is 8. The maximum atomic E-state index is 10.1. The third-order valence-electron chi connectivity index (χ3n) is 6.27. The van der Waals surface area contributed by atoms with Crippen molar-refractivity contribution in [2.24, 2.45) is 17.3 Å². The fourth-order valence-corrected chi connectivity index (χ4v) is 4.82. The van der Waals surface area contributed by atoms with Gasteiger partial charge < -0.3 is 40.1 Å². The van der Waals surface area contributed by atoms with Crippen LogP contribution in [0.15, 0.2) is 0 Å². The van der Waals surface area contributed by atoms with Gasteiger partial charge in [0.1, 0.15) is 24.4 Å². The van der Waals surface area contributed by atoms with Crippen LogP contribution in [-0.4, -0.2) is 86.8 Å². The third kappa shape index (κ3) is 5.39. The Morgan fingerprint density at radius 3 is 2.30 bits per heavy atom. The molecule has 1 heterocycles. The van der Waals surface area contributed by atoms with E-state index in [1.54, 1.807) is 0 Å². The number of ether oxygens (including phenoxy) is 2. The van der Waals surface area contributed by atoms with E-state index in [-0.39, 0.29) is 18.1 Å². The molecule has 0 aromatic carbocycles. The predicted molar refractivity (Wildman–Crippen MR) is 96.6 cm³/mol. The lowest BCUT2D eigenvalue weighted by atomic mass is 9.61. The molecule has 2 aliphatic rings. The van der Waals surface area contributed by atoms with Crippen molar-refractivity contribution in [3.05, 3.63) is 0 Å². The van der Waals surface area contributed by atoms with Gasteiger partial charge in [-0.2, -0.15) is 0 Å². The maximum Gasteiger partial charge on any atom is 0.187 e. The highest BCUT2D eigenvalue weighted by molar-refractivity contribution is 4.91. The molecular weight excluding hydrogens is 356 g/mol. The molecule has 2 rings (SSSR count). The van der Waals surface area contributed by atoms with Gasteiger partial charge in [0, 0.05) is 0 Å². The second-order valence-electron chi connectivity index (χ2n) is 8.88. The van der Waals surface area contributed by atoms with E-state index in [0.29, 0.717) is 18.3 Å². The molecule has 1 saturated heterocycles. The smallest absolute Gasteiger partial charge is 0.187 e. The van der Waals surface area contributed by atoms with Gasteiger partial charge in [0.25, 0.3) is 0 Å². The van der Waals surface area contributed by atoms with Crippen LogP contribution in [0.4, 0.5) is 0 Å². The summed E-state index contributed by atoms with van der Waals surface area (Å²) < 4.78 is 11.0. The van der Waals surface area contributed by atoms with Crippen molar-refractivity contribution in [1.29, 1.82) is 0 Å². The van der Waals surface area contributed by atoms with Gasteiger partial charge in [0.2, 0.25) is 0 Å². The van der Waals surface area contributed by atoms with Gasteiger partial charge in [-0.15, -0.1) is 0 Å². The molecule has 0 spiro atoms. The lowest BCUT2D eigenvalue weighted by molar-refractivity contribution is -0.313. The predicted octanol–water partition coefficient (Wildman–Crippen LogP) is -0.623. The Labute approximate surface area is 160 Å². The Balaban J connectivity index is 1.95. The Morgan fingerprint density at radius 2 is 1.74 bits per heavy atom. The fraction of sp³-hybridized carbons (Fsp3) is 1.00. The van der Waals surface area contributed by atoms with Crippen LogP contribution >= 0.6 is 0 Å². The number of aliphatic hydroxyl groups is 6. The van der Waals surface area contributed by atoms with Crippen LogP contribution in [0.5, 0.6) is 0 Å². The average Bonchev–Trinajstić information content (AvgIpc) is 2.59. The molecule has 1 aliphatic heterocycles. The fourth-order valence-electron chi connectivity index (χ4n) is 4.82. The highest BCUT2D eigenvalue weighted by atomic mass is 16.7. The Kier molecular flexibility index (Phi) is 8.04. The van der Waals surface area contributed by atoms with E-state index in [4.69, 9.17) is 9.47 Å². The summed E-state index contributed by atoms with van der Waals surface area (Å²) in [5.41, 5.74) is -0.0276. The minimum atomic E-state index is -1.50. The van der Waals surface area contributed by atoms with E-state index in [1.165, 1.54) is 0 Å². The Hall–Kier alpha value is -0.320. The van der Waals surface area contributed by atoms with Gasteiger partial charge in [-0.05, 0) is 42.9 Å². The molecule has 2 fully saturated rings. The second kappa shape index (κ2) is 9.45. The molecule has 1 saturated carbocycles. The summed E-state index contributed by atoms with van der Waals surface area (Å²) in [7, 11) is 0. The molecule has 0 radical (unpaired) electrons. The summed E-state index contributed by atoms with van der Waals surface area (Å²) in [5, 5.41) is 58.7. The summed E-state index contributed by atoms with van der Waals surface area (Å²) in [4.78, 5) is 0. The quantitative estimate of drug-likeness (QED) is 0.337. The van der Waals surface area contributed by atoms with Crippen molar-refractivity contribution in [1.82, 2.24) is 0 Å². The van der Waals surface area contributed by atoms with Gasteiger partial charge in [0.05, 0.1) is 25.4 Å². The zero-order valence-electron chi connectivity index (χ0n) is 16.4. The minimum Gasteiger partial charge on any atom is -0.394 e. The van der Waals surface area contributed by atoms with E-state index >= 15 is 0 Å². The van der Waals surface area contributed by atoms with Gasteiger partial charge in [-0.3, -0.25) is 0 Å². The minimum absolute atomic E-state index is 0.0276. The molecule has 1 aliphatic carbocycles. The summed E-state index contributed by atoms with van der Waals surface area (Å²) in [6.45, 7) is 5.61.